The molecule has 7 nitrogen and oxygen atoms in total. The molecule has 10 heteroatoms. The number of benzene rings is 2. The fourth-order valence-electron chi connectivity index (χ4n) is 2.50. The molecule has 2 rings (SSSR count). The van der Waals surface area contributed by atoms with Gasteiger partial charge in [-0.05, 0) is 48.8 Å². The third kappa shape index (κ3) is 6.84. The van der Waals surface area contributed by atoms with Crippen LogP contribution in [0.2, 0.25) is 0 Å². The summed E-state index contributed by atoms with van der Waals surface area (Å²) in [4.78, 5) is 23.4. The summed E-state index contributed by atoms with van der Waals surface area (Å²) in [6, 6.07) is 10.3. The van der Waals surface area contributed by atoms with Crippen LogP contribution in [0.15, 0.2) is 53.4 Å². The quantitative estimate of drug-likeness (QED) is 0.557. The van der Waals surface area contributed by atoms with Crippen LogP contribution in [0.25, 0.3) is 0 Å². The molecule has 1 atom stereocenters. The van der Waals surface area contributed by atoms with Gasteiger partial charge in [0.1, 0.15) is 16.8 Å². The van der Waals surface area contributed by atoms with E-state index in [1.54, 1.807) is 24.3 Å². The number of halogens is 1. The summed E-state index contributed by atoms with van der Waals surface area (Å²) in [7, 11) is -4.23. The van der Waals surface area contributed by atoms with Gasteiger partial charge in [0.15, 0.2) is 0 Å². The highest BCUT2D eigenvalue weighted by Gasteiger charge is 2.27. The van der Waals surface area contributed by atoms with Crippen LogP contribution in [0.3, 0.4) is 0 Å². The predicted octanol–water partition coefficient (Wildman–Crippen LogP) is 2.82. The van der Waals surface area contributed by atoms with Crippen molar-refractivity contribution in [3.05, 3.63) is 54.3 Å². The van der Waals surface area contributed by atoms with Gasteiger partial charge in [-0.1, -0.05) is 18.2 Å². The number of hydrogen-bond donors (Lipinski definition) is 3. The highest BCUT2D eigenvalue weighted by Crippen LogP contribution is 2.18. The van der Waals surface area contributed by atoms with E-state index in [1.165, 1.54) is 30.8 Å². The van der Waals surface area contributed by atoms with Gasteiger partial charge < -0.3 is 10.6 Å². The Hall–Kier alpha value is -2.43. The molecule has 0 bridgehead atoms. The molecule has 0 spiro atoms. The summed E-state index contributed by atoms with van der Waals surface area (Å²) in [6.07, 6.45) is 2.04. The molecule has 3 N–H and O–H groups in total. The third-order valence-electron chi connectivity index (χ3n) is 3.80. The number of rotatable bonds is 9. The Bertz CT molecular complexity index is 983. The second kappa shape index (κ2) is 10.4. The first-order chi connectivity index (χ1) is 13.7. The van der Waals surface area contributed by atoms with Crippen LogP contribution in [0.4, 0.5) is 15.8 Å². The molecule has 0 aromatic heterocycles. The highest BCUT2D eigenvalue weighted by atomic mass is 32.2. The Morgan fingerprint density at radius 3 is 2.34 bits per heavy atom. The lowest BCUT2D eigenvalue weighted by Gasteiger charge is -2.19. The van der Waals surface area contributed by atoms with E-state index in [0.717, 1.165) is 12.1 Å². The minimum Gasteiger partial charge on any atom is -0.326 e. The Kier molecular flexibility index (Phi) is 8.18. The maximum Gasteiger partial charge on any atom is 0.244 e. The molecule has 0 radical (unpaired) electrons. The zero-order valence-electron chi connectivity index (χ0n) is 15.9. The van der Waals surface area contributed by atoms with Crippen molar-refractivity contribution in [2.75, 3.05) is 22.6 Å². The number of amides is 2. The van der Waals surface area contributed by atoms with Crippen LogP contribution in [-0.4, -0.2) is 38.3 Å². The van der Waals surface area contributed by atoms with Crippen molar-refractivity contribution in [1.29, 1.82) is 0 Å². The van der Waals surface area contributed by atoms with Crippen molar-refractivity contribution < 1.29 is 22.4 Å². The van der Waals surface area contributed by atoms with Gasteiger partial charge in [-0.25, -0.2) is 12.8 Å². The molecule has 0 saturated carbocycles. The van der Waals surface area contributed by atoms with Crippen LogP contribution in [0.1, 0.15) is 13.3 Å². The fourth-order valence-corrected chi connectivity index (χ4v) is 4.28. The lowest BCUT2D eigenvalue weighted by Crippen LogP contribution is -2.44. The summed E-state index contributed by atoms with van der Waals surface area (Å²) in [5, 5.41) is 5.23. The van der Waals surface area contributed by atoms with E-state index in [0.29, 0.717) is 17.1 Å². The topological polar surface area (TPSA) is 104 Å². The number of thioether (sulfide) groups is 1. The van der Waals surface area contributed by atoms with E-state index in [9.17, 15) is 22.4 Å². The third-order valence-corrected chi connectivity index (χ3v) is 5.95. The molecule has 2 amide bonds. The van der Waals surface area contributed by atoms with E-state index in [-0.39, 0.29) is 12.3 Å². The van der Waals surface area contributed by atoms with Gasteiger partial charge in [0.2, 0.25) is 21.8 Å². The van der Waals surface area contributed by atoms with Gasteiger partial charge in [0.05, 0.1) is 0 Å². The normalized spacial score (nSPS) is 12.2. The SMILES string of the molecule is CSCCC(NS(=O)(=O)c1ccccc1F)C(=O)Nc1cccc(NC(C)=O)c1. The van der Waals surface area contributed by atoms with Gasteiger partial charge in [-0.15, -0.1) is 0 Å². The largest absolute Gasteiger partial charge is 0.326 e. The number of carbonyl (C=O) groups excluding carboxylic acids is 2. The summed E-state index contributed by atoms with van der Waals surface area (Å²) in [5.74, 6) is -1.22. The molecule has 2 aromatic carbocycles. The Morgan fingerprint density at radius 1 is 1.07 bits per heavy atom. The van der Waals surface area contributed by atoms with Crippen LogP contribution in [0, 0.1) is 5.82 Å². The van der Waals surface area contributed by atoms with E-state index in [2.05, 4.69) is 15.4 Å². The fraction of sp³-hybridized carbons (Fsp3) is 0.263. The number of nitrogens with one attached hydrogen (secondary N) is 3. The molecule has 0 saturated heterocycles. The Morgan fingerprint density at radius 2 is 1.72 bits per heavy atom. The van der Waals surface area contributed by atoms with Crippen molar-refractivity contribution in [3.8, 4) is 0 Å². The van der Waals surface area contributed by atoms with Gasteiger partial charge in [-0.2, -0.15) is 16.5 Å². The molecule has 1 unspecified atom stereocenters. The zero-order chi connectivity index (χ0) is 21.4. The standard InChI is InChI=1S/C19H22FN3O4S2/c1-13(24)21-14-6-5-7-15(12-14)22-19(25)17(10-11-28-2)23-29(26,27)18-9-4-3-8-16(18)20/h3-9,12,17,23H,10-11H2,1-2H3,(H,21,24)(H,22,25). The maximum absolute atomic E-state index is 13.9. The second-order valence-electron chi connectivity index (χ2n) is 6.14. The van der Waals surface area contributed by atoms with Gasteiger partial charge in [0, 0.05) is 18.3 Å². The minimum atomic E-state index is -4.23. The molecule has 0 heterocycles. The Balaban J connectivity index is 2.20. The van der Waals surface area contributed by atoms with E-state index >= 15 is 0 Å². The van der Waals surface area contributed by atoms with E-state index in [1.807, 2.05) is 6.26 Å². The van der Waals surface area contributed by atoms with Gasteiger partial charge in [0.25, 0.3) is 0 Å². The summed E-state index contributed by atoms with van der Waals surface area (Å²) in [6.45, 7) is 1.36. The average molecular weight is 440 g/mol. The van der Waals surface area contributed by atoms with Crippen molar-refractivity contribution in [2.45, 2.75) is 24.3 Å². The summed E-state index contributed by atoms with van der Waals surface area (Å²) >= 11 is 1.45. The first-order valence-electron chi connectivity index (χ1n) is 8.67. The van der Waals surface area contributed by atoms with E-state index in [4.69, 9.17) is 0 Å². The van der Waals surface area contributed by atoms with Gasteiger partial charge >= 0.3 is 0 Å². The lowest BCUT2D eigenvalue weighted by atomic mass is 10.2. The number of hydrogen-bond acceptors (Lipinski definition) is 5. The minimum absolute atomic E-state index is 0.214. The van der Waals surface area contributed by atoms with Gasteiger partial charge in [-0.3, -0.25) is 9.59 Å². The number of sulfonamides is 1. The highest BCUT2D eigenvalue weighted by molar-refractivity contribution is 7.98. The first-order valence-corrected chi connectivity index (χ1v) is 11.5. The first kappa shape index (κ1) is 22.9. The molecular formula is C19H22FN3O4S2. The lowest BCUT2D eigenvalue weighted by molar-refractivity contribution is -0.117. The monoisotopic (exact) mass is 439 g/mol. The predicted molar refractivity (Wildman–Crippen MR) is 113 cm³/mol. The van der Waals surface area contributed by atoms with Crippen molar-refractivity contribution >= 4 is 45.0 Å². The van der Waals surface area contributed by atoms with Crippen LogP contribution < -0.4 is 15.4 Å². The molecule has 2 aromatic rings. The number of anilines is 2. The molecule has 0 aliphatic heterocycles. The van der Waals surface area contributed by atoms with E-state index < -0.39 is 32.7 Å². The van der Waals surface area contributed by atoms with Crippen LogP contribution >= 0.6 is 11.8 Å². The average Bonchev–Trinajstić information content (AvgIpc) is 2.65. The summed E-state index contributed by atoms with van der Waals surface area (Å²) < 4.78 is 41.4. The molecule has 0 aliphatic rings. The second-order valence-corrected chi connectivity index (χ2v) is 8.81. The molecule has 0 aliphatic carbocycles. The molecule has 0 fully saturated rings. The molecule has 156 valence electrons. The smallest absolute Gasteiger partial charge is 0.244 e. The van der Waals surface area contributed by atoms with Crippen LogP contribution in [-0.2, 0) is 19.6 Å². The molecular weight excluding hydrogens is 417 g/mol. The van der Waals surface area contributed by atoms with Crippen molar-refractivity contribution in [2.24, 2.45) is 0 Å². The molecule has 29 heavy (non-hydrogen) atoms. The van der Waals surface area contributed by atoms with Crippen molar-refractivity contribution in [1.82, 2.24) is 4.72 Å². The van der Waals surface area contributed by atoms with Crippen molar-refractivity contribution in [3.63, 3.8) is 0 Å². The van der Waals surface area contributed by atoms with Crippen LogP contribution in [0.5, 0.6) is 0 Å². The zero-order valence-corrected chi connectivity index (χ0v) is 17.6. The maximum atomic E-state index is 13.9. The summed E-state index contributed by atoms with van der Waals surface area (Å²) in [5.41, 5.74) is 0.878. The Labute approximate surface area is 173 Å². The number of carbonyl (C=O) groups is 2.